The first-order chi connectivity index (χ1) is 10.1. The number of benzene rings is 2. The van der Waals surface area contributed by atoms with Crippen LogP contribution in [0.5, 0.6) is 0 Å². The highest BCUT2D eigenvalue weighted by atomic mass is 16.1. The number of nitrogens with zero attached hydrogens (tertiary/aromatic N) is 2. The van der Waals surface area contributed by atoms with E-state index in [2.05, 4.69) is 15.2 Å². The van der Waals surface area contributed by atoms with E-state index in [-0.39, 0.29) is 5.91 Å². The van der Waals surface area contributed by atoms with E-state index < -0.39 is 0 Å². The van der Waals surface area contributed by atoms with Crippen molar-refractivity contribution in [2.45, 2.75) is 6.92 Å². The van der Waals surface area contributed by atoms with Crippen LogP contribution in [0.3, 0.4) is 0 Å². The molecule has 0 spiro atoms. The SMILES string of the molecule is Cc1ccc(C(=O)N=Nc2[nH]c(N)c3ccccc23)cc1. The van der Waals surface area contributed by atoms with Crippen LogP contribution in [-0.4, -0.2) is 10.9 Å². The van der Waals surface area contributed by atoms with Gasteiger partial charge in [0.15, 0.2) is 5.82 Å². The van der Waals surface area contributed by atoms with Crippen LogP contribution in [0, 0.1) is 6.92 Å². The number of carbonyl (C=O) groups is 1. The van der Waals surface area contributed by atoms with Gasteiger partial charge in [-0.3, -0.25) is 4.79 Å². The van der Waals surface area contributed by atoms with Gasteiger partial charge in [-0.05, 0) is 19.1 Å². The maximum Gasteiger partial charge on any atom is 0.295 e. The normalized spacial score (nSPS) is 11.3. The van der Waals surface area contributed by atoms with Crippen molar-refractivity contribution in [1.29, 1.82) is 0 Å². The van der Waals surface area contributed by atoms with Gasteiger partial charge in [0, 0.05) is 16.3 Å². The predicted octanol–water partition coefficient (Wildman–Crippen LogP) is 3.98. The monoisotopic (exact) mass is 278 g/mol. The number of hydrogen-bond donors (Lipinski definition) is 2. The second-order valence-electron chi connectivity index (χ2n) is 4.80. The zero-order valence-corrected chi connectivity index (χ0v) is 11.5. The van der Waals surface area contributed by atoms with E-state index >= 15 is 0 Å². The molecule has 0 atom stereocenters. The van der Waals surface area contributed by atoms with E-state index in [1.807, 2.05) is 43.3 Å². The number of aromatic nitrogens is 1. The molecule has 0 aliphatic carbocycles. The van der Waals surface area contributed by atoms with E-state index in [4.69, 9.17) is 5.73 Å². The second-order valence-corrected chi connectivity index (χ2v) is 4.80. The lowest BCUT2D eigenvalue weighted by atomic mass is 10.1. The molecular weight excluding hydrogens is 264 g/mol. The zero-order chi connectivity index (χ0) is 14.8. The van der Waals surface area contributed by atoms with E-state index in [0.717, 1.165) is 16.3 Å². The first kappa shape index (κ1) is 13.1. The summed E-state index contributed by atoms with van der Waals surface area (Å²) in [5.41, 5.74) is 7.47. The summed E-state index contributed by atoms with van der Waals surface area (Å²) in [5.74, 6) is 0.623. The summed E-state index contributed by atoms with van der Waals surface area (Å²) >= 11 is 0. The topological polar surface area (TPSA) is 83.6 Å². The third-order valence-electron chi connectivity index (χ3n) is 3.26. The lowest BCUT2D eigenvalue weighted by Crippen LogP contribution is -1.93. The lowest BCUT2D eigenvalue weighted by Gasteiger charge is -1.95. The Balaban J connectivity index is 1.91. The number of amides is 1. The van der Waals surface area contributed by atoms with Gasteiger partial charge in [-0.25, -0.2) is 0 Å². The molecule has 0 fully saturated rings. The molecule has 0 saturated heterocycles. The molecule has 1 heterocycles. The van der Waals surface area contributed by atoms with Crippen molar-refractivity contribution in [3.05, 3.63) is 59.7 Å². The number of anilines is 1. The summed E-state index contributed by atoms with van der Waals surface area (Å²) in [5, 5.41) is 9.46. The van der Waals surface area contributed by atoms with Gasteiger partial charge in [-0.1, -0.05) is 42.0 Å². The lowest BCUT2D eigenvalue weighted by molar-refractivity contribution is 0.0995. The molecule has 5 heteroatoms. The van der Waals surface area contributed by atoms with Crippen LogP contribution in [-0.2, 0) is 0 Å². The Labute approximate surface area is 121 Å². The summed E-state index contributed by atoms with van der Waals surface area (Å²) in [6.45, 7) is 1.96. The van der Waals surface area contributed by atoms with Gasteiger partial charge >= 0.3 is 0 Å². The van der Waals surface area contributed by atoms with Crippen molar-refractivity contribution in [2.75, 3.05) is 5.73 Å². The Bertz CT molecular complexity index is 831. The molecule has 0 aliphatic heterocycles. The minimum atomic E-state index is -0.382. The molecule has 104 valence electrons. The largest absolute Gasteiger partial charge is 0.385 e. The first-order valence-electron chi connectivity index (χ1n) is 6.54. The number of hydrogen-bond acceptors (Lipinski definition) is 3. The summed E-state index contributed by atoms with van der Waals surface area (Å²) in [6, 6.07) is 14.8. The van der Waals surface area contributed by atoms with Gasteiger partial charge in [-0.2, -0.15) is 0 Å². The molecule has 5 nitrogen and oxygen atoms in total. The number of nitrogen functional groups attached to an aromatic ring is 1. The Hall–Kier alpha value is -2.95. The van der Waals surface area contributed by atoms with Crippen LogP contribution in [0.2, 0.25) is 0 Å². The molecule has 2 aromatic carbocycles. The summed E-state index contributed by atoms with van der Waals surface area (Å²) in [4.78, 5) is 14.9. The van der Waals surface area contributed by atoms with E-state index in [0.29, 0.717) is 17.2 Å². The van der Waals surface area contributed by atoms with Crippen molar-refractivity contribution in [2.24, 2.45) is 10.2 Å². The van der Waals surface area contributed by atoms with Crippen LogP contribution < -0.4 is 5.73 Å². The fraction of sp³-hybridized carbons (Fsp3) is 0.0625. The molecule has 1 aromatic heterocycles. The van der Waals surface area contributed by atoms with Gasteiger partial charge in [0.1, 0.15) is 5.82 Å². The van der Waals surface area contributed by atoms with Crippen molar-refractivity contribution in [3.63, 3.8) is 0 Å². The number of carbonyl (C=O) groups excluding carboxylic acids is 1. The Kier molecular flexibility index (Phi) is 3.23. The highest BCUT2D eigenvalue weighted by Crippen LogP contribution is 2.30. The highest BCUT2D eigenvalue weighted by molar-refractivity contribution is 6.00. The molecule has 21 heavy (non-hydrogen) atoms. The number of aromatic amines is 1. The number of rotatable bonds is 2. The van der Waals surface area contributed by atoms with Crippen LogP contribution in [0.4, 0.5) is 11.6 Å². The second kappa shape index (κ2) is 5.20. The van der Waals surface area contributed by atoms with Crippen LogP contribution in [0.15, 0.2) is 58.8 Å². The van der Waals surface area contributed by atoms with Crippen molar-refractivity contribution >= 4 is 28.3 Å². The van der Waals surface area contributed by atoms with Crippen molar-refractivity contribution in [1.82, 2.24) is 4.98 Å². The standard InChI is InChI=1S/C16H14N4O/c1-10-6-8-11(9-7-10)16(21)20-19-15-13-5-3-2-4-12(13)14(17)18-15/h2-9,18H,17H2,1H3. The van der Waals surface area contributed by atoms with Gasteiger partial charge in [0.2, 0.25) is 0 Å². The van der Waals surface area contributed by atoms with Gasteiger partial charge in [0.25, 0.3) is 5.91 Å². The maximum atomic E-state index is 12.0. The smallest absolute Gasteiger partial charge is 0.295 e. The average molecular weight is 278 g/mol. The molecule has 3 rings (SSSR count). The fourth-order valence-electron chi connectivity index (χ4n) is 2.11. The van der Waals surface area contributed by atoms with Gasteiger partial charge in [0.05, 0.1) is 0 Å². The third kappa shape index (κ3) is 2.53. The Morgan fingerprint density at radius 3 is 2.43 bits per heavy atom. The molecule has 0 saturated carbocycles. The van der Waals surface area contributed by atoms with Gasteiger partial charge in [-0.15, -0.1) is 10.2 Å². The third-order valence-corrected chi connectivity index (χ3v) is 3.26. The number of nitrogens with two attached hydrogens (primary N) is 1. The summed E-state index contributed by atoms with van der Waals surface area (Å²) in [6.07, 6.45) is 0. The number of H-pyrrole nitrogens is 1. The van der Waals surface area contributed by atoms with E-state index in [9.17, 15) is 4.79 Å². The van der Waals surface area contributed by atoms with Gasteiger partial charge < -0.3 is 10.7 Å². The molecule has 3 N–H and O–H groups in total. The minimum Gasteiger partial charge on any atom is -0.385 e. The zero-order valence-electron chi connectivity index (χ0n) is 11.5. The summed E-state index contributed by atoms with van der Waals surface area (Å²) in [7, 11) is 0. The molecule has 3 aromatic rings. The first-order valence-corrected chi connectivity index (χ1v) is 6.54. The van der Waals surface area contributed by atoms with Crippen molar-refractivity contribution < 1.29 is 4.79 Å². The molecule has 0 unspecified atom stereocenters. The molecule has 1 amide bonds. The van der Waals surface area contributed by atoms with E-state index in [1.54, 1.807) is 12.1 Å². The number of fused-ring (bicyclic) bond motifs is 1. The van der Waals surface area contributed by atoms with Crippen LogP contribution >= 0.6 is 0 Å². The van der Waals surface area contributed by atoms with E-state index in [1.165, 1.54) is 0 Å². The summed E-state index contributed by atoms with van der Waals surface area (Å²) < 4.78 is 0. The fourth-order valence-corrected chi connectivity index (χ4v) is 2.11. The quantitative estimate of drug-likeness (QED) is 0.695. The molecular formula is C16H14N4O. The molecule has 0 bridgehead atoms. The Morgan fingerprint density at radius 1 is 1.05 bits per heavy atom. The van der Waals surface area contributed by atoms with Crippen molar-refractivity contribution in [3.8, 4) is 0 Å². The van der Waals surface area contributed by atoms with Crippen LogP contribution in [0.1, 0.15) is 15.9 Å². The number of aryl methyl sites for hydroxylation is 1. The molecule has 0 radical (unpaired) electrons. The molecule has 0 aliphatic rings. The highest BCUT2D eigenvalue weighted by Gasteiger charge is 2.08. The Morgan fingerprint density at radius 2 is 1.71 bits per heavy atom. The average Bonchev–Trinajstić information content (AvgIpc) is 2.83. The number of nitrogens with one attached hydrogen (secondary N) is 1. The predicted molar refractivity (Wildman–Crippen MR) is 82.7 cm³/mol. The minimum absolute atomic E-state index is 0.382. The maximum absolute atomic E-state index is 12.0. The number of azo groups is 1. The van der Waals surface area contributed by atoms with Crippen LogP contribution in [0.25, 0.3) is 10.8 Å².